The average molecular weight is 291 g/mol. The molecule has 0 saturated carbocycles. The van der Waals surface area contributed by atoms with Crippen LogP contribution in [-0.4, -0.2) is 18.9 Å². The summed E-state index contributed by atoms with van der Waals surface area (Å²) in [6.07, 6.45) is 1.36. The fraction of sp³-hybridized carbons (Fsp3) is 0.312. The molecule has 0 radical (unpaired) electrons. The Hall–Kier alpha value is -1.68. The van der Waals surface area contributed by atoms with Crippen molar-refractivity contribution in [3.05, 3.63) is 52.5 Å². The number of hydrogen-bond donors (Lipinski definition) is 0. The topological polar surface area (TPSA) is 20.3 Å². The van der Waals surface area contributed by atoms with E-state index in [0.717, 1.165) is 30.1 Å². The molecule has 0 spiro atoms. The van der Waals surface area contributed by atoms with Gasteiger partial charge in [0.15, 0.2) is 5.78 Å². The van der Waals surface area contributed by atoms with Gasteiger partial charge in [-0.3, -0.25) is 4.79 Å². The second-order valence-electron chi connectivity index (χ2n) is 4.56. The Labute approximate surface area is 122 Å². The van der Waals surface area contributed by atoms with Crippen molar-refractivity contribution in [3.8, 4) is 0 Å². The minimum atomic E-state index is -0.224. The Bertz CT molecular complexity index is 536. The van der Waals surface area contributed by atoms with Gasteiger partial charge in [0.2, 0.25) is 0 Å². The van der Waals surface area contributed by atoms with E-state index < -0.39 is 0 Å². The summed E-state index contributed by atoms with van der Waals surface area (Å²) in [4.78, 5) is 14.9. The van der Waals surface area contributed by atoms with E-state index in [-0.39, 0.29) is 11.6 Å². The number of anilines is 1. The largest absolute Gasteiger partial charge is 0.372 e. The van der Waals surface area contributed by atoms with Crippen molar-refractivity contribution in [3.63, 3.8) is 0 Å². The number of benzene rings is 1. The molecule has 0 aliphatic heterocycles. The Morgan fingerprint density at radius 3 is 2.60 bits per heavy atom. The van der Waals surface area contributed by atoms with Crippen molar-refractivity contribution in [1.29, 1.82) is 0 Å². The van der Waals surface area contributed by atoms with Crippen molar-refractivity contribution < 1.29 is 9.18 Å². The van der Waals surface area contributed by atoms with Gasteiger partial charge in [0.25, 0.3) is 0 Å². The number of Topliss-reactive ketones (excluding diaryl/α,β-unsaturated/α-hetero) is 1. The lowest BCUT2D eigenvalue weighted by Gasteiger charge is -2.22. The standard InChI is InChI=1S/C16H18FNOS/c1-2-18(14-9-7-13(17)8-10-14)11-3-5-15(19)16-6-4-12-20-16/h4,6-10,12H,2-3,5,11H2,1H3. The zero-order valence-electron chi connectivity index (χ0n) is 11.5. The van der Waals surface area contributed by atoms with E-state index in [0.29, 0.717) is 6.42 Å². The molecule has 1 aromatic carbocycles. The van der Waals surface area contributed by atoms with Crippen LogP contribution in [-0.2, 0) is 0 Å². The molecule has 0 atom stereocenters. The number of thiophene rings is 1. The van der Waals surface area contributed by atoms with E-state index >= 15 is 0 Å². The summed E-state index contributed by atoms with van der Waals surface area (Å²) in [6, 6.07) is 10.3. The highest BCUT2D eigenvalue weighted by Gasteiger charge is 2.09. The maximum absolute atomic E-state index is 12.9. The van der Waals surface area contributed by atoms with E-state index in [1.54, 1.807) is 12.1 Å². The Balaban J connectivity index is 1.85. The van der Waals surface area contributed by atoms with Crippen LogP contribution in [0.25, 0.3) is 0 Å². The van der Waals surface area contributed by atoms with Crippen molar-refractivity contribution >= 4 is 22.8 Å². The maximum atomic E-state index is 12.9. The first-order valence-corrected chi connectivity index (χ1v) is 7.66. The predicted molar refractivity (Wildman–Crippen MR) is 82.2 cm³/mol. The number of nitrogens with zero attached hydrogens (tertiary/aromatic N) is 1. The molecule has 2 rings (SSSR count). The molecule has 0 unspecified atom stereocenters. The first-order chi connectivity index (χ1) is 9.70. The molecular formula is C16H18FNOS. The molecule has 0 bridgehead atoms. The highest BCUT2D eigenvalue weighted by Crippen LogP contribution is 2.17. The predicted octanol–water partition coefficient (Wildman–Crippen LogP) is 4.38. The number of carbonyl (C=O) groups excluding carboxylic acids is 1. The quantitative estimate of drug-likeness (QED) is 0.706. The molecule has 1 aromatic heterocycles. The highest BCUT2D eigenvalue weighted by atomic mass is 32.1. The van der Waals surface area contributed by atoms with Crippen molar-refractivity contribution in [2.75, 3.05) is 18.0 Å². The lowest BCUT2D eigenvalue weighted by Crippen LogP contribution is -2.24. The molecule has 106 valence electrons. The van der Waals surface area contributed by atoms with Crippen LogP contribution in [0.5, 0.6) is 0 Å². The average Bonchev–Trinajstić information content (AvgIpc) is 2.99. The van der Waals surface area contributed by atoms with Gasteiger partial charge in [-0.05, 0) is 49.1 Å². The maximum Gasteiger partial charge on any atom is 0.172 e. The van der Waals surface area contributed by atoms with Gasteiger partial charge in [-0.15, -0.1) is 11.3 Å². The molecule has 2 aromatic rings. The van der Waals surface area contributed by atoms with Gasteiger partial charge in [0, 0.05) is 25.2 Å². The van der Waals surface area contributed by atoms with Crippen LogP contribution in [0.15, 0.2) is 41.8 Å². The van der Waals surface area contributed by atoms with Crippen LogP contribution in [0.4, 0.5) is 10.1 Å². The highest BCUT2D eigenvalue weighted by molar-refractivity contribution is 7.12. The SMILES string of the molecule is CCN(CCCC(=O)c1cccs1)c1ccc(F)cc1. The molecule has 0 aliphatic carbocycles. The number of hydrogen-bond acceptors (Lipinski definition) is 3. The second-order valence-corrected chi connectivity index (χ2v) is 5.51. The minimum Gasteiger partial charge on any atom is -0.372 e. The van der Waals surface area contributed by atoms with Gasteiger partial charge in [0.1, 0.15) is 5.82 Å². The van der Waals surface area contributed by atoms with Crippen LogP contribution >= 0.6 is 11.3 Å². The Morgan fingerprint density at radius 1 is 1.25 bits per heavy atom. The van der Waals surface area contributed by atoms with E-state index in [1.165, 1.54) is 23.5 Å². The molecule has 0 fully saturated rings. The zero-order valence-corrected chi connectivity index (χ0v) is 12.3. The third-order valence-corrected chi connectivity index (χ3v) is 4.11. The van der Waals surface area contributed by atoms with Gasteiger partial charge in [-0.2, -0.15) is 0 Å². The van der Waals surface area contributed by atoms with Gasteiger partial charge >= 0.3 is 0 Å². The zero-order chi connectivity index (χ0) is 14.4. The third-order valence-electron chi connectivity index (χ3n) is 3.20. The lowest BCUT2D eigenvalue weighted by atomic mass is 10.2. The molecular weight excluding hydrogens is 273 g/mol. The first-order valence-electron chi connectivity index (χ1n) is 6.78. The summed E-state index contributed by atoms with van der Waals surface area (Å²) < 4.78 is 12.9. The van der Waals surface area contributed by atoms with E-state index in [9.17, 15) is 9.18 Å². The molecule has 0 N–H and O–H groups in total. The van der Waals surface area contributed by atoms with Gasteiger partial charge in [-0.1, -0.05) is 6.07 Å². The fourth-order valence-corrected chi connectivity index (χ4v) is 2.81. The monoisotopic (exact) mass is 291 g/mol. The molecule has 1 heterocycles. The van der Waals surface area contributed by atoms with E-state index in [1.807, 2.05) is 17.5 Å². The van der Waals surface area contributed by atoms with E-state index in [4.69, 9.17) is 0 Å². The van der Waals surface area contributed by atoms with Crippen LogP contribution in [0, 0.1) is 5.82 Å². The summed E-state index contributed by atoms with van der Waals surface area (Å²) in [7, 11) is 0. The van der Waals surface area contributed by atoms with Crippen LogP contribution in [0.3, 0.4) is 0 Å². The smallest absolute Gasteiger partial charge is 0.172 e. The number of carbonyl (C=O) groups is 1. The Morgan fingerprint density at radius 2 is 2.00 bits per heavy atom. The molecule has 0 saturated heterocycles. The van der Waals surface area contributed by atoms with Crippen molar-refractivity contribution in [1.82, 2.24) is 0 Å². The van der Waals surface area contributed by atoms with Crippen molar-refractivity contribution in [2.45, 2.75) is 19.8 Å². The lowest BCUT2D eigenvalue weighted by molar-refractivity contribution is 0.0984. The second kappa shape index (κ2) is 7.20. The van der Waals surface area contributed by atoms with Gasteiger partial charge in [-0.25, -0.2) is 4.39 Å². The van der Waals surface area contributed by atoms with Gasteiger partial charge in [0.05, 0.1) is 4.88 Å². The van der Waals surface area contributed by atoms with E-state index in [2.05, 4.69) is 11.8 Å². The van der Waals surface area contributed by atoms with Gasteiger partial charge < -0.3 is 4.90 Å². The molecule has 20 heavy (non-hydrogen) atoms. The Kier molecular flexibility index (Phi) is 5.30. The number of halogens is 1. The number of rotatable bonds is 7. The van der Waals surface area contributed by atoms with Crippen molar-refractivity contribution in [2.24, 2.45) is 0 Å². The molecule has 2 nitrogen and oxygen atoms in total. The van der Waals surface area contributed by atoms with Crippen LogP contribution in [0.1, 0.15) is 29.4 Å². The fourth-order valence-electron chi connectivity index (χ4n) is 2.11. The summed E-state index contributed by atoms with van der Waals surface area (Å²) in [5, 5.41) is 1.92. The minimum absolute atomic E-state index is 0.204. The summed E-state index contributed by atoms with van der Waals surface area (Å²) in [6.45, 7) is 3.71. The third kappa shape index (κ3) is 3.90. The van der Waals surface area contributed by atoms with Crippen LogP contribution < -0.4 is 4.90 Å². The number of ketones is 1. The first kappa shape index (κ1) is 14.7. The normalized spacial score (nSPS) is 10.5. The summed E-state index contributed by atoms with van der Waals surface area (Å²) in [5.41, 5.74) is 0.998. The molecule has 0 amide bonds. The molecule has 4 heteroatoms. The summed E-state index contributed by atoms with van der Waals surface area (Å²) >= 11 is 1.49. The van der Waals surface area contributed by atoms with Crippen LogP contribution in [0.2, 0.25) is 0 Å². The molecule has 0 aliphatic rings. The summed E-state index contributed by atoms with van der Waals surface area (Å²) in [5.74, 6) is -0.0205.